The third kappa shape index (κ3) is 3.60. The molecule has 0 bridgehead atoms. The van der Waals surface area contributed by atoms with E-state index in [1.165, 1.54) is 18.5 Å². The highest BCUT2D eigenvalue weighted by Gasteiger charge is 2.20. The summed E-state index contributed by atoms with van der Waals surface area (Å²) in [6.07, 6.45) is 2.82. The minimum Gasteiger partial charge on any atom is -0.285 e. The SMILES string of the molecule is O=C(C(=O)c1cccc(-c2cncnc2)c1)c1ccc(C(F)F)nc1. The highest BCUT2D eigenvalue weighted by atomic mass is 19.3. The second-order valence-electron chi connectivity index (χ2n) is 5.14. The normalized spacial score (nSPS) is 10.7. The van der Waals surface area contributed by atoms with E-state index in [2.05, 4.69) is 15.0 Å². The summed E-state index contributed by atoms with van der Waals surface area (Å²) in [5.41, 5.74) is 1.08. The van der Waals surface area contributed by atoms with E-state index in [4.69, 9.17) is 0 Å². The molecule has 0 aliphatic heterocycles. The lowest BCUT2D eigenvalue weighted by Crippen LogP contribution is -2.15. The highest BCUT2D eigenvalue weighted by molar-refractivity contribution is 6.49. The van der Waals surface area contributed by atoms with Crippen LogP contribution in [0.4, 0.5) is 8.78 Å². The van der Waals surface area contributed by atoms with Crippen LogP contribution >= 0.6 is 0 Å². The van der Waals surface area contributed by atoms with Gasteiger partial charge in [0.05, 0.1) is 0 Å². The third-order valence-electron chi connectivity index (χ3n) is 3.50. The van der Waals surface area contributed by atoms with Gasteiger partial charge in [0.25, 0.3) is 6.43 Å². The molecule has 0 N–H and O–H groups in total. The minimum atomic E-state index is -2.73. The van der Waals surface area contributed by atoms with Crippen molar-refractivity contribution < 1.29 is 18.4 Å². The Morgan fingerprint density at radius 2 is 1.56 bits per heavy atom. The maximum atomic E-state index is 12.5. The van der Waals surface area contributed by atoms with Crippen LogP contribution in [0.15, 0.2) is 61.3 Å². The number of carbonyl (C=O) groups excluding carboxylic acids is 2. The van der Waals surface area contributed by atoms with Crippen LogP contribution in [-0.2, 0) is 0 Å². The first kappa shape index (κ1) is 16.5. The number of alkyl halides is 2. The number of benzene rings is 1. The van der Waals surface area contributed by atoms with Gasteiger partial charge in [0.2, 0.25) is 11.6 Å². The van der Waals surface area contributed by atoms with Gasteiger partial charge in [-0.2, -0.15) is 0 Å². The quantitative estimate of drug-likeness (QED) is 0.525. The number of pyridine rings is 1. The van der Waals surface area contributed by atoms with Gasteiger partial charge in [0.15, 0.2) is 0 Å². The first-order valence-corrected chi connectivity index (χ1v) is 7.25. The molecule has 0 radical (unpaired) electrons. The van der Waals surface area contributed by atoms with Gasteiger partial charge in [0, 0.05) is 35.3 Å². The summed E-state index contributed by atoms with van der Waals surface area (Å²) in [7, 11) is 0. The van der Waals surface area contributed by atoms with Gasteiger partial charge in [-0.1, -0.05) is 18.2 Å². The molecule has 1 aromatic carbocycles. The van der Waals surface area contributed by atoms with Crippen molar-refractivity contribution in [2.45, 2.75) is 6.43 Å². The second kappa shape index (κ2) is 7.04. The topological polar surface area (TPSA) is 72.8 Å². The number of ketones is 2. The lowest BCUT2D eigenvalue weighted by Gasteiger charge is -2.05. The molecule has 2 heterocycles. The fourth-order valence-corrected chi connectivity index (χ4v) is 2.22. The van der Waals surface area contributed by atoms with Gasteiger partial charge >= 0.3 is 0 Å². The number of aromatic nitrogens is 3. The van der Waals surface area contributed by atoms with Crippen LogP contribution in [-0.4, -0.2) is 26.5 Å². The molecule has 0 saturated heterocycles. The van der Waals surface area contributed by atoms with E-state index in [9.17, 15) is 18.4 Å². The van der Waals surface area contributed by atoms with E-state index in [1.807, 2.05) is 0 Å². The van der Waals surface area contributed by atoms with E-state index in [-0.39, 0.29) is 11.1 Å². The molecule has 5 nitrogen and oxygen atoms in total. The van der Waals surface area contributed by atoms with E-state index in [0.717, 1.165) is 12.3 Å². The van der Waals surface area contributed by atoms with Crippen LogP contribution < -0.4 is 0 Å². The summed E-state index contributed by atoms with van der Waals surface area (Å²) in [6, 6.07) is 8.67. The molecule has 0 spiro atoms. The summed E-state index contributed by atoms with van der Waals surface area (Å²) in [5.74, 6) is -1.56. The lowest BCUT2D eigenvalue weighted by atomic mass is 9.99. The Morgan fingerprint density at radius 3 is 2.20 bits per heavy atom. The summed E-state index contributed by atoms with van der Waals surface area (Å²) < 4.78 is 25.0. The molecule has 3 aromatic rings. The maximum absolute atomic E-state index is 12.5. The molecule has 3 rings (SSSR count). The van der Waals surface area contributed by atoms with Crippen LogP contribution in [0.3, 0.4) is 0 Å². The van der Waals surface area contributed by atoms with Gasteiger partial charge in [-0.25, -0.2) is 18.7 Å². The number of rotatable bonds is 5. The van der Waals surface area contributed by atoms with Gasteiger partial charge in [-0.15, -0.1) is 0 Å². The number of carbonyl (C=O) groups is 2. The van der Waals surface area contributed by atoms with Gasteiger partial charge in [0.1, 0.15) is 12.0 Å². The van der Waals surface area contributed by atoms with Crippen molar-refractivity contribution in [3.8, 4) is 11.1 Å². The minimum absolute atomic E-state index is 0.0390. The number of nitrogens with zero attached hydrogens (tertiary/aromatic N) is 3. The zero-order chi connectivity index (χ0) is 17.8. The number of hydrogen-bond acceptors (Lipinski definition) is 5. The molecule has 0 aliphatic carbocycles. The summed E-state index contributed by atoms with van der Waals surface area (Å²) in [4.78, 5) is 36.0. The van der Waals surface area contributed by atoms with Crippen molar-refractivity contribution in [3.05, 3.63) is 78.1 Å². The van der Waals surface area contributed by atoms with Crippen molar-refractivity contribution in [2.75, 3.05) is 0 Å². The zero-order valence-corrected chi connectivity index (χ0v) is 12.8. The van der Waals surface area contributed by atoms with Crippen LogP contribution in [0.1, 0.15) is 32.8 Å². The van der Waals surface area contributed by atoms with Gasteiger partial charge < -0.3 is 0 Å². The molecule has 2 aromatic heterocycles. The summed E-state index contributed by atoms with van der Waals surface area (Å²) in [6.45, 7) is 0. The Morgan fingerprint density at radius 1 is 0.840 bits per heavy atom. The molecule has 124 valence electrons. The Labute approximate surface area is 141 Å². The van der Waals surface area contributed by atoms with Crippen molar-refractivity contribution in [2.24, 2.45) is 0 Å². The molecule has 0 aliphatic rings. The van der Waals surface area contributed by atoms with E-state index in [0.29, 0.717) is 11.1 Å². The predicted molar refractivity (Wildman–Crippen MR) is 85.3 cm³/mol. The van der Waals surface area contributed by atoms with Gasteiger partial charge in [-0.05, 0) is 23.8 Å². The molecule has 7 heteroatoms. The third-order valence-corrected chi connectivity index (χ3v) is 3.50. The predicted octanol–water partition coefficient (Wildman–Crippen LogP) is 3.54. The fourth-order valence-electron chi connectivity index (χ4n) is 2.22. The van der Waals surface area contributed by atoms with E-state index >= 15 is 0 Å². The van der Waals surface area contributed by atoms with Crippen molar-refractivity contribution in [3.63, 3.8) is 0 Å². The molecule has 0 fully saturated rings. The largest absolute Gasteiger partial charge is 0.285 e. The molecule has 25 heavy (non-hydrogen) atoms. The monoisotopic (exact) mass is 339 g/mol. The molecule has 0 atom stereocenters. The molecule has 0 amide bonds. The van der Waals surface area contributed by atoms with Crippen LogP contribution in [0.25, 0.3) is 11.1 Å². The maximum Gasteiger partial charge on any atom is 0.280 e. The average molecular weight is 339 g/mol. The standard InChI is InChI=1S/C18H11F2N3O2/c19-18(20)15-5-4-13(9-23-15)17(25)16(24)12-3-1-2-11(6-12)14-7-21-10-22-8-14/h1-10,18H. The first-order valence-electron chi connectivity index (χ1n) is 7.25. The van der Waals surface area contributed by atoms with E-state index < -0.39 is 23.7 Å². The summed E-state index contributed by atoms with van der Waals surface area (Å²) in [5, 5.41) is 0. The number of hydrogen-bond donors (Lipinski definition) is 0. The zero-order valence-electron chi connectivity index (χ0n) is 12.8. The Balaban J connectivity index is 1.86. The lowest BCUT2D eigenvalue weighted by molar-refractivity contribution is 0.0816. The van der Waals surface area contributed by atoms with Crippen molar-refractivity contribution in [1.82, 2.24) is 15.0 Å². The average Bonchev–Trinajstić information content (AvgIpc) is 2.67. The van der Waals surface area contributed by atoms with Crippen molar-refractivity contribution in [1.29, 1.82) is 0 Å². The molecule has 0 saturated carbocycles. The van der Waals surface area contributed by atoms with Crippen LogP contribution in [0, 0.1) is 0 Å². The summed E-state index contributed by atoms with van der Waals surface area (Å²) >= 11 is 0. The van der Waals surface area contributed by atoms with E-state index in [1.54, 1.807) is 30.6 Å². The van der Waals surface area contributed by atoms with Gasteiger partial charge in [-0.3, -0.25) is 14.6 Å². The molecular weight excluding hydrogens is 328 g/mol. The number of Topliss-reactive ketones (excluding diaryl/α,β-unsaturated/α-hetero) is 2. The van der Waals surface area contributed by atoms with Crippen molar-refractivity contribution >= 4 is 11.6 Å². The smallest absolute Gasteiger partial charge is 0.280 e. The molecular formula is C18H11F2N3O2. The Hall–Kier alpha value is -3.35. The fraction of sp³-hybridized carbons (Fsp3) is 0.0556. The molecule has 0 unspecified atom stereocenters. The Bertz CT molecular complexity index is 913. The second-order valence-corrected chi connectivity index (χ2v) is 5.14. The van der Waals surface area contributed by atoms with Crippen LogP contribution in [0.2, 0.25) is 0 Å². The Kier molecular flexibility index (Phi) is 4.65. The van der Waals surface area contributed by atoms with Crippen LogP contribution in [0.5, 0.6) is 0 Å². The highest BCUT2D eigenvalue weighted by Crippen LogP contribution is 2.20. The number of halogens is 2. The first-order chi connectivity index (χ1) is 12.1.